The van der Waals surface area contributed by atoms with Crippen molar-refractivity contribution in [3.63, 3.8) is 0 Å². The van der Waals surface area contributed by atoms with E-state index < -0.39 is 0 Å². The number of hydrogen-bond donors (Lipinski definition) is 2. The van der Waals surface area contributed by atoms with Crippen LogP contribution < -0.4 is 16.2 Å². The summed E-state index contributed by atoms with van der Waals surface area (Å²) in [6, 6.07) is 7.36. The maximum absolute atomic E-state index is 11.9. The van der Waals surface area contributed by atoms with E-state index in [1.54, 1.807) is 19.4 Å². The molecule has 0 spiro atoms. The van der Waals surface area contributed by atoms with Crippen LogP contribution in [0.3, 0.4) is 0 Å². The second-order valence-corrected chi connectivity index (χ2v) is 4.86. The minimum atomic E-state index is -0.178. The molecule has 1 amide bonds. The third kappa shape index (κ3) is 3.68. The Morgan fingerprint density at radius 2 is 2.14 bits per heavy atom. The molecule has 0 aliphatic rings. The number of carbonyl (C=O) groups excluding carboxylic acids is 1. The molecular formula is C15H18N4O2. The highest BCUT2D eigenvalue weighted by Crippen LogP contribution is 2.19. The maximum atomic E-state index is 11.9. The van der Waals surface area contributed by atoms with Gasteiger partial charge >= 0.3 is 0 Å². The van der Waals surface area contributed by atoms with E-state index in [0.29, 0.717) is 5.82 Å². The summed E-state index contributed by atoms with van der Waals surface area (Å²) in [5, 5.41) is 5.83. The van der Waals surface area contributed by atoms with Crippen LogP contribution in [0.5, 0.6) is 0 Å². The summed E-state index contributed by atoms with van der Waals surface area (Å²) < 4.78 is 1.47. The predicted octanol–water partition coefficient (Wildman–Crippen LogP) is 1.91. The number of anilines is 2. The van der Waals surface area contributed by atoms with E-state index in [4.69, 9.17) is 0 Å². The first-order chi connectivity index (χ1) is 9.97. The number of aryl methyl sites for hydroxylation is 1. The zero-order valence-corrected chi connectivity index (χ0v) is 12.3. The van der Waals surface area contributed by atoms with Gasteiger partial charge in [-0.05, 0) is 24.6 Å². The summed E-state index contributed by atoms with van der Waals surface area (Å²) in [6.45, 7) is 3.40. The quantitative estimate of drug-likeness (QED) is 0.900. The third-order valence-corrected chi connectivity index (χ3v) is 3.08. The highest BCUT2D eigenvalue weighted by Gasteiger charge is 2.10. The van der Waals surface area contributed by atoms with Crippen LogP contribution >= 0.6 is 0 Å². The van der Waals surface area contributed by atoms with E-state index in [1.807, 2.05) is 31.2 Å². The molecule has 2 N–H and O–H groups in total. The fourth-order valence-corrected chi connectivity index (χ4v) is 1.97. The second-order valence-electron chi connectivity index (χ2n) is 4.86. The highest BCUT2D eigenvalue weighted by molar-refractivity contribution is 5.88. The van der Waals surface area contributed by atoms with Gasteiger partial charge in [0.2, 0.25) is 5.91 Å². The molecule has 0 bridgehead atoms. The molecule has 6 heteroatoms. The Labute approximate surface area is 122 Å². The van der Waals surface area contributed by atoms with Gasteiger partial charge in [-0.3, -0.25) is 9.59 Å². The molecule has 6 nitrogen and oxygen atoms in total. The zero-order valence-electron chi connectivity index (χ0n) is 12.3. The molecule has 110 valence electrons. The Bertz CT molecular complexity index is 709. The molecule has 2 rings (SSSR count). The molecule has 1 aromatic carbocycles. The van der Waals surface area contributed by atoms with Gasteiger partial charge in [0.1, 0.15) is 0 Å². The molecule has 1 heterocycles. The minimum Gasteiger partial charge on any atom is -0.359 e. The van der Waals surface area contributed by atoms with Gasteiger partial charge in [0, 0.05) is 32.1 Å². The van der Waals surface area contributed by atoms with Crippen molar-refractivity contribution in [2.45, 2.75) is 19.9 Å². The number of amides is 1. The topological polar surface area (TPSA) is 76.0 Å². The van der Waals surface area contributed by atoms with E-state index >= 15 is 0 Å². The van der Waals surface area contributed by atoms with Gasteiger partial charge in [-0.15, -0.1) is 0 Å². The van der Waals surface area contributed by atoms with E-state index in [2.05, 4.69) is 15.6 Å². The Hall–Kier alpha value is -2.63. The molecule has 0 aliphatic carbocycles. The lowest BCUT2D eigenvalue weighted by Gasteiger charge is -2.16. The van der Waals surface area contributed by atoms with Crippen LogP contribution in [-0.4, -0.2) is 15.5 Å². The SMILES string of the molecule is CC(=O)Nc1cccc(C(C)Nc2nccn(C)c2=O)c1. The number of benzene rings is 1. The molecule has 0 radical (unpaired) electrons. The average Bonchev–Trinajstić information content (AvgIpc) is 2.43. The Kier molecular flexibility index (Phi) is 4.37. The van der Waals surface area contributed by atoms with Crippen LogP contribution in [0, 0.1) is 0 Å². The fraction of sp³-hybridized carbons (Fsp3) is 0.267. The molecular weight excluding hydrogens is 268 g/mol. The molecule has 0 saturated heterocycles. The van der Waals surface area contributed by atoms with Crippen molar-refractivity contribution in [2.75, 3.05) is 10.6 Å². The lowest BCUT2D eigenvalue weighted by molar-refractivity contribution is -0.114. The predicted molar refractivity (Wildman–Crippen MR) is 82.3 cm³/mol. The van der Waals surface area contributed by atoms with Crippen molar-refractivity contribution in [2.24, 2.45) is 7.05 Å². The van der Waals surface area contributed by atoms with Gasteiger partial charge in [-0.1, -0.05) is 12.1 Å². The number of rotatable bonds is 4. The van der Waals surface area contributed by atoms with Crippen molar-refractivity contribution in [3.8, 4) is 0 Å². The van der Waals surface area contributed by atoms with Crippen LogP contribution in [0.2, 0.25) is 0 Å². The van der Waals surface area contributed by atoms with Crippen LogP contribution in [0.4, 0.5) is 11.5 Å². The smallest absolute Gasteiger partial charge is 0.293 e. The first-order valence-electron chi connectivity index (χ1n) is 6.63. The van der Waals surface area contributed by atoms with E-state index in [9.17, 15) is 9.59 Å². The second kappa shape index (κ2) is 6.21. The van der Waals surface area contributed by atoms with Gasteiger partial charge in [-0.2, -0.15) is 0 Å². The summed E-state index contributed by atoms with van der Waals surface area (Å²) in [5.74, 6) is 0.184. The van der Waals surface area contributed by atoms with Crippen LogP contribution in [-0.2, 0) is 11.8 Å². The molecule has 1 unspecified atom stereocenters. The maximum Gasteiger partial charge on any atom is 0.293 e. The number of nitrogens with one attached hydrogen (secondary N) is 2. The van der Waals surface area contributed by atoms with Gasteiger partial charge < -0.3 is 15.2 Å². The molecule has 1 aromatic heterocycles. The van der Waals surface area contributed by atoms with Crippen molar-refractivity contribution < 1.29 is 4.79 Å². The molecule has 0 aliphatic heterocycles. The normalized spacial score (nSPS) is 11.8. The van der Waals surface area contributed by atoms with Crippen molar-refractivity contribution in [1.29, 1.82) is 0 Å². The monoisotopic (exact) mass is 286 g/mol. The average molecular weight is 286 g/mol. The highest BCUT2D eigenvalue weighted by atomic mass is 16.1. The summed E-state index contributed by atoms with van der Waals surface area (Å²) in [4.78, 5) is 27.1. The van der Waals surface area contributed by atoms with Crippen molar-refractivity contribution in [1.82, 2.24) is 9.55 Å². The number of nitrogens with zero attached hydrogens (tertiary/aromatic N) is 2. The minimum absolute atomic E-state index is 0.110. The Balaban J connectivity index is 2.20. The van der Waals surface area contributed by atoms with Crippen molar-refractivity contribution in [3.05, 3.63) is 52.6 Å². The van der Waals surface area contributed by atoms with E-state index in [1.165, 1.54) is 11.5 Å². The number of carbonyl (C=O) groups is 1. The van der Waals surface area contributed by atoms with Gasteiger partial charge in [0.05, 0.1) is 6.04 Å². The van der Waals surface area contributed by atoms with Gasteiger partial charge in [0.25, 0.3) is 5.56 Å². The van der Waals surface area contributed by atoms with Crippen molar-refractivity contribution >= 4 is 17.4 Å². The first-order valence-corrected chi connectivity index (χ1v) is 6.63. The standard InChI is InChI=1S/C15H18N4O2/c1-10(17-14-15(21)19(3)8-7-16-14)12-5-4-6-13(9-12)18-11(2)20/h4-10H,1-3H3,(H,16,17)(H,18,20). The lowest BCUT2D eigenvalue weighted by atomic mass is 10.1. The van der Waals surface area contributed by atoms with Crippen LogP contribution in [0.1, 0.15) is 25.5 Å². The molecule has 2 aromatic rings. The largest absolute Gasteiger partial charge is 0.359 e. The number of hydrogen-bond acceptors (Lipinski definition) is 4. The summed E-state index contributed by atoms with van der Waals surface area (Å²) in [7, 11) is 1.68. The summed E-state index contributed by atoms with van der Waals surface area (Å²) >= 11 is 0. The van der Waals surface area contributed by atoms with E-state index in [-0.39, 0.29) is 17.5 Å². The lowest BCUT2D eigenvalue weighted by Crippen LogP contribution is -2.23. The van der Waals surface area contributed by atoms with Gasteiger partial charge in [-0.25, -0.2) is 4.98 Å². The molecule has 1 atom stereocenters. The Morgan fingerprint density at radius 3 is 2.86 bits per heavy atom. The summed E-state index contributed by atoms with van der Waals surface area (Å²) in [5.41, 5.74) is 1.50. The fourth-order valence-electron chi connectivity index (χ4n) is 1.97. The zero-order chi connectivity index (χ0) is 15.4. The third-order valence-electron chi connectivity index (χ3n) is 3.08. The summed E-state index contributed by atoms with van der Waals surface area (Å²) in [6.07, 6.45) is 3.18. The van der Waals surface area contributed by atoms with Crippen LogP contribution in [0.15, 0.2) is 41.5 Å². The first kappa shape index (κ1) is 14.8. The Morgan fingerprint density at radius 1 is 1.38 bits per heavy atom. The van der Waals surface area contributed by atoms with E-state index in [0.717, 1.165) is 11.3 Å². The molecule has 0 saturated carbocycles. The van der Waals surface area contributed by atoms with Crippen LogP contribution in [0.25, 0.3) is 0 Å². The van der Waals surface area contributed by atoms with Gasteiger partial charge in [0.15, 0.2) is 5.82 Å². The molecule has 21 heavy (non-hydrogen) atoms. The molecule has 0 fully saturated rings. The number of aromatic nitrogens is 2.